The zero-order valence-electron chi connectivity index (χ0n) is 13.7. The number of rotatable bonds is 5. The van der Waals surface area contributed by atoms with Crippen molar-refractivity contribution < 1.29 is 13.9 Å². The monoisotopic (exact) mass is 357 g/mol. The first-order valence-electron chi connectivity index (χ1n) is 7.65. The molecule has 2 aromatic heterocycles. The number of aromatic nitrogens is 2. The molecule has 0 unspecified atom stereocenters. The number of nitrogens with one attached hydrogen (secondary N) is 1. The standard InChI is InChI=1S/C18H16ClN3O3/c1-11(2)25-18-15(19)7-13(8-21-18)17(23)22-14-5-3-12(4-6-14)16-9-20-10-24-16/h3-11H,1-2H3,(H,22,23). The summed E-state index contributed by atoms with van der Waals surface area (Å²) in [5.74, 6) is 0.664. The second-order valence-electron chi connectivity index (χ2n) is 5.57. The zero-order valence-corrected chi connectivity index (χ0v) is 14.4. The summed E-state index contributed by atoms with van der Waals surface area (Å²) >= 11 is 6.11. The second kappa shape index (κ2) is 7.36. The van der Waals surface area contributed by atoms with Gasteiger partial charge >= 0.3 is 0 Å². The highest BCUT2D eigenvalue weighted by Crippen LogP contribution is 2.24. The fourth-order valence-corrected chi connectivity index (χ4v) is 2.35. The Bertz CT molecular complexity index is 862. The Morgan fingerprint density at radius 1 is 1.24 bits per heavy atom. The Balaban J connectivity index is 1.70. The van der Waals surface area contributed by atoms with Gasteiger partial charge in [0.2, 0.25) is 5.88 Å². The smallest absolute Gasteiger partial charge is 0.257 e. The first kappa shape index (κ1) is 17.0. The molecule has 1 amide bonds. The molecular weight excluding hydrogens is 342 g/mol. The molecule has 0 saturated carbocycles. The Morgan fingerprint density at radius 3 is 2.60 bits per heavy atom. The molecule has 3 aromatic rings. The summed E-state index contributed by atoms with van der Waals surface area (Å²) in [6, 6.07) is 8.76. The van der Waals surface area contributed by atoms with Crippen LogP contribution in [-0.4, -0.2) is 22.0 Å². The quantitative estimate of drug-likeness (QED) is 0.730. The highest BCUT2D eigenvalue weighted by Gasteiger charge is 2.12. The van der Waals surface area contributed by atoms with Crippen molar-refractivity contribution in [3.05, 3.63) is 59.7 Å². The predicted octanol–water partition coefficient (Wildman–Crippen LogP) is 4.43. The van der Waals surface area contributed by atoms with E-state index in [0.717, 1.165) is 5.56 Å². The van der Waals surface area contributed by atoms with Crippen LogP contribution in [0.2, 0.25) is 5.02 Å². The molecule has 0 fully saturated rings. The number of ether oxygens (including phenoxy) is 1. The molecule has 1 N–H and O–H groups in total. The summed E-state index contributed by atoms with van der Waals surface area (Å²) in [7, 11) is 0. The van der Waals surface area contributed by atoms with Crippen LogP contribution in [0.1, 0.15) is 24.2 Å². The molecule has 3 rings (SSSR count). The van der Waals surface area contributed by atoms with Crippen molar-refractivity contribution in [1.82, 2.24) is 9.97 Å². The lowest BCUT2D eigenvalue weighted by Gasteiger charge is -2.11. The number of pyridine rings is 1. The largest absolute Gasteiger partial charge is 0.474 e. The van der Waals surface area contributed by atoms with Gasteiger partial charge in [-0.2, -0.15) is 0 Å². The number of carbonyl (C=O) groups is 1. The fourth-order valence-electron chi connectivity index (χ4n) is 2.14. The third-order valence-electron chi connectivity index (χ3n) is 3.28. The molecule has 0 aliphatic rings. The first-order chi connectivity index (χ1) is 12.0. The van der Waals surface area contributed by atoms with E-state index in [1.54, 1.807) is 18.3 Å². The van der Waals surface area contributed by atoms with Gasteiger partial charge in [0.05, 0.1) is 17.9 Å². The predicted molar refractivity (Wildman–Crippen MR) is 94.9 cm³/mol. The number of anilines is 1. The summed E-state index contributed by atoms with van der Waals surface area (Å²) in [4.78, 5) is 20.3. The van der Waals surface area contributed by atoms with Crippen molar-refractivity contribution in [2.75, 3.05) is 5.32 Å². The molecule has 2 heterocycles. The molecule has 0 aliphatic carbocycles. The van der Waals surface area contributed by atoms with Crippen molar-refractivity contribution in [3.63, 3.8) is 0 Å². The topological polar surface area (TPSA) is 77.2 Å². The highest BCUT2D eigenvalue weighted by atomic mass is 35.5. The van der Waals surface area contributed by atoms with Gasteiger partial charge in [-0.05, 0) is 44.2 Å². The van der Waals surface area contributed by atoms with Crippen molar-refractivity contribution in [1.29, 1.82) is 0 Å². The van der Waals surface area contributed by atoms with E-state index in [1.165, 1.54) is 18.7 Å². The van der Waals surface area contributed by atoms with E-state index >= 15 is 0 Å². The lowest BCUT2D eigenvalue weighted by molar-refractivity contribution is 0.102. The Labute approximate surface area is 149 Å². The van der Waals surface area contributed by atoms with Gasteiger partial charge in [-0.15, -0.1) is 0 Å². The number of oxazole rings is 1. The van der Waals surface area contributed by atoms with Gasteiger partial charge in [-0.3, -0.25) is 4.79 Å². The Morgan fingerprint density at radius 2 is 2.00 bits per heavy atom. The Kier molecular flexibility index (Phi) is 5.00. The van der Waals surface area contributed by atoms with Crippen LogP contribution in [0.25, 0.3) is 11.3 Å². The number of hydrogen-bond donors (Lipinski definition) is 1. The molecule has 0 bridgehead atoms. The average molecular weight is 358 g/mol. The first-order valence-corrected chi connectivity index (χ1v) is 8.03. The summed E-state index contributed by atoms with van der Waals surface area (Å²) in [5, 5.41) is 3.09. The van der Waals surface area contributed by atoms with Crippen LogP contribution in [0.5, 0.6) is 5.88 Å². The van der Waals surface area contributed by atoms with E-state index in [4.69, 9.17) is 20.8 Å². The minimum absolute atomic E-state index is 0.0486. The minimum atomic E-state index is -0.307. The minimum Gasteiger partial charge on any atom is -0.474 e. The molecule has 7 heteroatoms. The van der Waals surface area contributed by atoms with Crippen LogP contribution in [0, 0.1) is 0 Å². The normalized spacial score (nSPS) is 10.7. The SMILES string of the molecule is CC(C)Oc1ncc(C(=O)Nc2ccc(-c3cnco3)cc2)cc1Cl. The van der Waals surface area contributed by atoms with E-state index in [2.05, 4.69) is 15.3 Å². The van der Waals surface area contributed by atoms with Gasteiger partial charge < -0.3 is 14.5 Å². The number of carbonyl (C=O) groups excluding carboxylic acids is 1. The van der Waals surface area contributed by atoms with Crippen LogP contribution in [0.3, 0.4) is 0 Å². The summed E-state index contributed by atoms with van der Waals surface area (Å²) < 4.78 is 10.7. The van der Waals surface area contributed by atoms with Crippen LogP contribution in [-0.2, 0) is 0 Å². The van der Waals surface area contributed by atoms with Gasteiger partial charge in [0.15, 0.2) is 12.2 Å². The van der Waals surface area contributed by atoms with E-state index < -0.39 is 0 Å². The van der Waals surface area contributed by atoms with Gasteiger partial charge in [0.25, 0.3) is 5.91 Å². The van der Waals surface area contributed by atoms with E-state index in [1.807, 2.05) is 26.0 Å². The van der Waals surface area contributed by atoms with E-state index in [0.29, 0.717) is 27.9 Å². The molecule has 25 heavy (non-hydrogen) atoms. The lowest BCUT2D eigenvalue weighted by Crippen LogP contribution is -2.13. The molecule has 0 atom stereocenters. The van der Waals surface area contributed by atoms with E-state index in [-0.39, 0.29) is 12.0 Å². The third-order valence-corrected chi connectivity index (χ3v) is 3.55. The molecule has 6 nitrogen and oxygen atoms in total. The number of halogens is 1. The number of nitrogens with zero attached hydrogens (tertiary/aromatic N) is 2. The van der Waals surface area contributed by atoms with Crippen molar-refractivity contribution in [3.8, 4) is 17.2 Å². The van der Waals surface area contributed by atoms with Crippen LogP contribution < -0.4 is 10.1 Å². The molecule has 128 valence electrons. The van der Waals surface area contributed by atoms with Crippen molar-refractivity contribution >= 4 is 23.2 Å². The highest BCUT2D eigenvalue weighted by molar-refractivity contribution is 6.32. The fraction of sp³-hybridized carbons (Fsp3) is 0.167. The zero-order chi connectivity index (χ0) is 17.8. The lowest BCUT2D eigenvalue weighted by atomic mass is 10.1. The molecule has 0 aliphatic heterocycles. The van der Waals surface area contributed by atoms with Gasteiger partial charge in [-0.1, -0.05) is 11.6 Å². The van der Waals surface area contributed by atoms with Crippen LogP contribution >= 0.6 is 11.6 Å². The number of amides is 1. The van der Waals surface area contributed by atoms with Crippen molar-refractivity contribution in [2.45, 2.75) is 20.0 Å². The maximum absolute atomic E-state index is 12.3. The molecular formula is C18H16ClN3O3. The van der Waals surface area contributed by atoms with E-state index in [9.17, 15) is 4.79 Å². The van der Waals surface area contributed by atoms with Crippen molar-refractivity contribution in [2.24, 2.45) is 0 Å². The number of hydrogen-bond acceptors (Lipinski definition) is 5. The Hall–Kier alpha value is -2.86. The molecule has 1 aromatic carbocycles. The summed E-state index contributed by atoms with van der Waals surface area (Å²) in [6.45, 7) is 3.75. The summed E-state index contributed by atoms with van der Waals surface area (Å²) in [5.41, 5.74) is 1.86. The second-order valence-corrected chi connectivity index (χ2v) is 5.98. The maximum atomic E-state index is 12.3. The van der Waals surface area contributed by atoms with Gasteiger partial charge in [0, 0.05) is 17.4 Å². The van der Waals surface area contributed by atoms with Crippen LogP contribution in [0.15, 0.2) is 53.5 Å². The molecule has 0 spiro atoms. The number of benzene rings is 1. The van der Waals surface area contributed by atoms with Crippen LogP contribution in [0.4, 0.5) is 5.69 Å². The average Bonchev–Trinajstić information content (AvgIpc) is 3.11. The molecule has 0 saturated heterocycles. The molecule has 0 radical (unpaired) electrons. The summed E-state index contributed by atoms with van der Waals surface area (Å²) in [6.07, 6.45) is 4.38. The maximum Gasteiger partial charge on any atom is 0.257 e. The van der Waals surface area contributed by atoms with Gasteiger partial charge in [-0.25, -0.2) is 9.97 Å². The van der Waals surface area contributed by atoms with Gasteiger partial charge in [0.1, 0.15) is 5.02 Å². The third kappa shape index (κ3) is 4.16.